The summed E-state index contributed by atoms with van der Waals surface area (Å²) in [5.41, 5.74) is 3.01. The number of aryl methyl sites for hydroxylation is 2. The number of hydrogen-bond acceptors (Lipinski definition) is 7. The van der Waals surface area contributed by atoms with E-state index >= 15 is 0 Å². The lowest BCUT2D eigenvalue weighted by Gasteiger charge is -2.15. The SMILES string of the molecule is CCOCCOCCOC(=O)CS(=O)(=O)c1ccc([C@@H](C)NC(=O)c2cc3c(Cl)cc(C)cc3n2C)cc1. The number of nitrogens with one attached hydrogen (secondary N) is 1. The van der Waals surface area contributed by atoms with Gasteiger partial charge in [0.1, 0.15) is 12.3 Å². The van der Waals surface area contributed by atoms with E-state index in [0.717, 1.165) is 16.5 Å². The molecule has 3 aromatic rings. The van der Waals surface area contributed by atoms with Crippen LogP contribution < -0.4 is 5.32 Å². The molecule has 1 heterocycles. The lowest BCUT2D eigenvalue weighted by molar-refractivity contribution is -0.142. The second-order valence-corrected chi connectivity index (χ2v) is 11.2. The molecule has 0 aliphatic rings. The number of rotatable bonds is 13. The monoisotopic (exact) mass is 564 g/mol. The summed E-state index contributed by atoms with van der Waals surface area (Å²) in [7, 11) is -2.09. The van der Waals surface area contributed by atoms with E-state index in [-0.39, 0.29) is 24.0 Å². The van der Waals surface area contributed by atoms with Gasteiger partial charge in [0, 0.05) is 19.0 Å². The molecule has 9 nitrogen and oxygen atoms in total. The topological polar surface area (TPSA) is 113 Å². The van der Waals surface area contributed by atoms with Crippen LogP contribution >= 0.6 is 11.6 Å². The van der Waals surface area contributed by atoms with Crippen molar-refractivity contribution < 1.29 is 32.2 Å². The van der Waals surface area contributed by atoms with Crippen LogP contribution in [0.4, 0.5) is 0 Å². The summed E-state index contributed by atoms with van der Waals surface area (Å²) in [6, 6.07) is 11.2. The fourth-order valence-corrected chi connectivity index (χ4v) is 5.35. The summed E-state index contributed by atoms with van der Waals surface area (Å²) < 4.78 is 42.4. The highest BCUT2D eigenvalue weighted by Gasteiger charge is 2.22. The van der Waals surface area contributed by atoms with Gasteiger partial charge in [-0.3, -0.25) is 9.59 Å². The number of carbonyl (C=O) groups excluding carboxylic acids is 2. The molecule has 1 atom stereocenters. The summed E-state index contributed by atoms with van der Waals surface area (Å²) in [4.78, 5) is 25.0. The van der Waals surface area contributed by atoms with Gasteiger partial charge in [0.05, 0.1) is 41.3 Å². The number of halogens is 1. The van der Waals surface area contributed by atoms with Gasteiger partial charge in [0.2, 0.25) is 0 Å². The molecule has 0 aliphatic heterocycles. The molecule has 2 aromatic carbocycles. The van der Waals surface area contributed by atoms with Crippen molar-refractivity contribution in [3.8, 4) is 0 Å². The van der Waals surface area contributed by atoms with Crippen molar-refractivity contribution in [2.24, 2.45) is 7.05 Å². The Morgan fingerprint density at radius 1 is 1.03 bits per heavy atom. The van der Waals surface area contributed by atoms with E-state index in [1.807, 2.05) is 26.0 Å². The van der Waals surface area contributed by atoms with Gasteiger partial charge in [-0.2, -0.15) is 0 Å². The van der Waals surface area contributed by atoms with Gasteiger partial charge in [0.15, 0.2) is 15.6 Å². The van der Waals surface area contributed by atoms with E-state index < -0.39 is 27.6 Å². The zero-order valence-corrected chi connectivity index (χ0v) is 23.5. The lowest BCUT2D eigenvalue weighted by Crippen LogP contribution is -2.28. The number of benzene rings is 2. The molecule has 0 saturated heterocycles. The average molecular weight is 565 g/mol. The van der Waals surface area contributed by atoms with Crippen LogP contribution in [0.25, 0.3) is 10.9 Å². The normalized spacial score (nSPS) is 12.4. The standard InChI is InChI=1S/C27H33ClN2O7S/c1-5-35-10-11-36-12-13-37-26(31)17-38(33,34)21-8-6-20(7-9-21)19(3)29-27(32)25-16-22-23(28)14-18(2)15-24(22)30(25)4/h6-9,14-16,19H,5,10-13,17H2,1-4H3,(H,29,32)/t19-/m1/s1. The maximum atomic E-state index is 13.0. The Morgan fingerprint density at radius 3 is 2.37 bits per heavy atom. The van der Waals surface area contributed by atoms with Gasteiger partial charge in [0.25, 0.3) is 5.91 Å². The first kappa shape index (κ1) is 29.6. The van der Waals surface area contributed by atoms with E-state index in [2.05, 4.69) is 5.32 Å². The smallest absolute Gasteiger partial charge is 0.321 e. The summed E-state index contributed by atoms with van der Waals surface area (Å²) in [6.45, 7) is 7.12. The Labute approximate surface area is 227 Å². The summed E-state index contributed by atoms with van der Waals surface area (Å²) in [5.74, 6) is -1.92. The van der Waals surface area contributed by atoms with Crippen LogP contribution in [0.3, 0.4) is 0 Å². The van der Waals surface area contributed by atoms with Crippen LogP contribution in [0.5, 0.6) is 0 Å². The molecule has 0 fully saturated rings. The molecule has 0 bridgehead atoms. The Kier molecular flexibility index (Phi) is 10.3. The molecule has 0 aliphatic carbocycles. The van der Waals surface area contributed by atoms with Crippen molar-refractivity contribution in [1.82, 2.24) is 9.88 Å². The quantitative estimate of drug-likeness (QED) is 0.246. The van der Waals surface area contributed by atoms with E-state index in [9.17, 15) is 18.0 Å². The molecule has 0 saturated carbocycles. The highest BCUT2D eigenvalue weighted by Crippen LogP contribution is 2.28. The van der Waals surface area contributed by atoms with E-state index in [0.29, 0.717) is 36.1 Å². The van der Waals surface area contributed by atoms with Crippen molar-refractivity contribution in [3.05, 3.63) is 64.3 Å². The molecular formula is C27H33ClN2O7S. The molecule has 3 rings (SSSR count). The molecule has 1 N–H and O–H groups in total. The second kappa shape index (κ2) is 13.2. The largest absolute Gasteiger partial charge is 0.462 e. The van der Waals surface area contributed by atoms with Crippen LogP contribution in [-0.4, -0.2) is 63.6 Å². The first-order chi connectivity index (χ1) is 18.0. The fourth-order valence-electron chi connectivity index (χ4n) is 3.91. The van der Waals surface area contributed by atoms with Gasteiger partial charge in [-0.1, -0.05) is 23.7 Å². The van der Waals surface area contributed by atoms with Crippen molar-refractivity contribution >= 4 is 44.2 Å². The molecular weight excluding hydrogens is 532 g/mol. The molecule has 206 valence electrons. The zero-order chi connectivity index (χ0) is 27.9. The minimum Gasteiger partial charge on any atom is -0.462 e. The van der Waals surface area contributed by atoms with Gasteiger partial charge in [-0.15, -0.1) is 0 Å². The third-order valence-corrected chi connectivity index (χ3v) is 7.87. The maximum absolute atomic E-state index is 13.0. The average Bonchev–Trinajstić information content (AvgIpc) is 3.20. The highest BCUT2D eigenvalue weighted by atomic mass is 35.5. The van der Waals surface area contributed by atoms with E-state index in [1.54, 1.807) is 36.7 Å². The van der Waals surface area contributed by atoms with Crippen LogP contribution in [-0.2, 0) is 35.9 Å². The highest BCUT2D eigenvalue weighted by molar-refractivity contribution is 7.92. The fraction of sp³-hybridized carbons (Fsp3) is 0.407. The van der Waals surface area contributed by atoms with Gasteiger partial charge >= 0.3 is 5.97 Å². The zero-order valence-electron chi connectivity index (χ0n) is 22.0. The van der Waals surface area contributed by atoms with E-state index in [1.165, 1.54) is 12.1 Å². The van der Waals surface area contributed by atoms with Crippen LogP contribution in [0, 0.1) is 6.92 Å². The van der Waals surface area contributed by atoms with Crippen LogP contribution in [0.1, 0.15) is 41.5 Å². The van der Waals surface area contributed by atoms with Gasteiger partial charge < -0.3 is 24.1 Å². The molecule has 0 spiro atoms. The van der Waals surface area contributed by atoms with Crippen molar-refractivity contribution in [3.63, 3.8) is 0 Å². The Bertz CT molecular complexity index is 1380. The van der Waals surface area contributed by atoms with Gasteiger partial charge in [-0.05, 0) is 62.2 Å². The number of amides is 1. The molecule has 0 unspecified atom stereocenters. The number of sulfone groups is 1. The molecule has 1 aromatic heterocycles. The van der Waals surface area contributed by atoms with Crippen LogP contribution in [0.15, 0.2) is 47.4 Å². The van der Waals surface area contributed by atoms with E-state index in [4.69, 9.17) is 25.8 Å². The maximum Gasteiger partial charge on any atom is 0.321 e. The van der Waals surface area contributed by atoms with Crippen LogP contribution in [0.2, 0.25) is 5.02 Å². The van der Waals surface area contributed by atoms with Crippen molar-refractivity contribution in [1.29, 1.82) is 0 Å². The summed E-state index contributed by atoms with van der Waals surface area (Å²) in [6.07, 6.45) is 0. The summed E-state index contributed by atoms with van der Waals surface area (Å²) >= 11 is 6.36. The number of fused-ring (bicyclic) bond motifs is 1. The Morgan fingerprint density at radius 2 is 1.68 bits per heavy atom. The predicted octanol–water partition coefficient (Wildman–Crippen LogP) is 4.00. The first-order valence-electron chi connectivity index (χ1n) is 12.2. The number of nitrogens with zero attached hydrogens (tertiary/aromatic N) is 1. The molecule has 0 radical (unpaired) electrons. The number of carbonyl (C=O) groups is 2. The number of esters is 1. The molecule has 38 heavy (non-hydrogen) atoms. The second-order valence-electron chi connectivity index (χ2n) is 8.82. The third-order valence-electron chi connectivity index (χ3n) is 5.95. The first-order valence-corrected chi connectivity index (χ1v) is 14.3. The summed E-state index contributed by atoms with van der Waals surface area (Å²) in [5, 5.41) is 4.31. The lowest BCUT2D eigenvalue weighted by atomic mass is 10.1. The molecule has 1 amide bonds. The Balaban J connectivity index is 1.57. The predicted molar refractivity (Wildman–Crippen MR) is 145 cm³/mol. The minimum absolute atomic E-state index is 0.0108. The Hall–Kier alpha value is -2.92. The minimum atomic E-state index is -3.89. The third kappa shape index (κ3) is 7.57. The number of ether oxygens (including phenoxy) is 3. The van der Waals surface area contributed by atoms with Crippen molar-refractivity contribution in [2.45, 2.75) is 31.7 Å². The van der Waals surface area contributed by atoms with Gasteiger partial charge in [-0.25, -0.2) is 8.42 Å². The number of aromatic nitrogens is 1. The number of hydrogen-bond donors (Lipinski definition) is 1. The van der Waals surface area contributed by atoms with Crippen molar-refractivity contribution in [2.75, 3.05) is 38.8 Å². The molecule has 11 heteroatoms.